The van der Waals surface area contributed by atoms with Crippen molar-refractivity contribution < 1.29 is 164 Å². The molecular formula is C68H101N13O34S. The van der Waals surface area contributed by atoms with Crippen LogP contribution < -0.4 is 53.8 Å². The molecule has 0 aliphatic carbocycles. The van der Waals surface area contributed by atoms with Gasteiger partial charge < -0.3 is 145 Å². The number of rotatable bonds is 58. The molecule has 3 rings (SSSR count). The number of anilines is 2. The normalized spacial score (nSPS) is 16.4. The number of H-pyrrole nitrogens is 1. The molecule has 0 fully saturated rings. The van der Waals surface area contributed by atoms with Gasteiger partial charge in [-0.15, -0.1) is 0 Å². The number of ketones is 3. The summed E-state index contributed by atoms with van der Waals surface area (Å²) in [5.74, 6) is -24.3. The first-order valence-electron chi connectivity index (χ1n) is 36.0. The number of nitrogens with two attached hydrogens (primary N) is 1. The number of aliphatic hydroxyl groups is 15. The molecule has 19 atom stereocenters. The second kappa shape index (κ2) is 50.5. The fourth-order valence-electron chi connectivity index (χ4n) is 11.0. The Bertz CT molecular complexity index is 3870. The minimum Gasteiger partial charge on any atom is -0.481 e. The Balaban J connectivity index is 2.05. The number of carbonyl (C=O) groups is 14. The van der Waals surface area contributed by atoms with Crippen molar-refractivity contribution in [3.63, 3.8) is 0 Å². The molecule has 0 saturated heterocycles. The monoisotopic (exact) mass is 1680 g/mol. The highest BCUT2D eigenvalue weighted by atomic mass is 32.1. The molecule has 30 N–H and O–H groups in total. The summed E-state index contributed by atoms with van der Waals surface area (Å²) in [6.45, 7) is -5.82. The van der Waals surface area contributed by atoms with Crippen LogP contribution in [0, 0.1) is 17.8 Å². The highest BCUT2D eigenvalue weighted by Gasteiger charge is 2.38. The van der Waals surface area contributed by atoms with Crippen LogP contribution in [0.1, 0.15) is 112 Å². The van der Waals surface area contributed by atoms with Crippen molar-refractivity contribution in [3.05, 3.63) is 52.1 Å². The summed E-state index contributed by atoms with van der Waals surface area (Å²) in [5.41, 5.74) is 5.43. The van der Waals surface area contributed by atoms with E-state index in [-0.39, 0.29) is 29.2 Å². The number of carbonyl (C=O) groups excluding carboxylic acids is 10. The zero-order chi connectivity index (χ0) is 87.4. The van der Waals surface area contributed by atoms with Crippen molar-refractivity contribution in [2.24, 2.45) is 17.8 Å². The van der Waals surface area contributed by atoms with E-state index < -0.39 is 345 Å². The molecule has 0 unspecified atom stereocenters. The molecule has 0 radical (unpaired) electrons. The second-order valence-electron chi connectivity index (χ2n) is 27.0. The van der Waals surface area contributed by atoms with E-state index in [0.717, 1.165) is 0 Å². The number of Topliss-reactive ketones (excluding diaryl/α,β-unsaturated/α-hetero) is 3. The number of carboxylic acids is 4. The summed E-state index contributed by atoms with van der Waals surface area (Å²) in [6.07, 6.45) is -36.5. The van der Waals surface area contributed by atoms with Crippen molar-refractivity contribution >= 4 is 118 Å². The fourth-order valence-corrected chi connectivity index (χ4v) is 11.3. The van der Waals surface area contributed by atoms with Crippen LogP contribution in [0.3, 0.4) is 0 Å². The molecule has 2 heterocycles. The number of thiol groups is 1. The number of benzene rings is 1. The van der Waals surface area contributed by atoms with E-state index in [4.69, 9.17) is 10.8 Å². The lowest BCUT2D eigenvalue weighted by atomic mass is 9.89. The van der Waals surface area contributed by atoms with Crippen LogP contribution in [-0.4, -0.2) is 342 Å². The van der Waals surface area contributed by atoms with E-state index >= 15 is 0 Å². The van der Waals surface area contributed by atoms with Gasteiger partial charge in [-0.2, -0.15) is 17.6 Å². The van der Waals surface area contributed by atoms with Crippen LogP contribution in [0.25, 0.3) is 11.2 Å². The maximum atomic E-state index is 14.8. The zero-order valence-electron chi connectivity index (χ0n) is 62.1. The summed E-state index contributed by atoms with van der Waals surface area (Å²) in [6, 6.07) is -2.18. The summed E-state index contributed by atoms with van der Waals surface area (Å²) < 4.78 is 0. The number of hydrogen-bond acceptors (Lipinski definition) is 36. The number of aromatic amines is 1. The van der Waals surface area contributed by atoms with Gasteiger partial charge in [-0.1, -0.05) is 0 Å². The summed E-state index contributed by atoms with van der Waals surface area (Å²) in [5, 5.41) is 207. The maximum Gasteiger partial charge on any atom is 0.327 e. The van der Waals surface area contributed by atoms with Gasteiger partial charge in [0, 0.05) is 112 Å². The number of carboxylic acid groups (broad SMARTS) is 4. The topological polar surface area (TPSA) is 817 Å². The number of nitrogen functional groups attached to an aromatic ring is 1. The van der Waals surface area contributed by atoms with Gasteiger partial charge in [0.2, 0.25) is 41.4 Å². The minimum absolute atomic E-state index is 0.0111. The molecule has 1 aromatic carbocycles. The largest absolute Gasteiger partial charge is 0.481 e. The van der Waals surface area contributed by atoms with Crippen LogP contribution in [0.5, 0.6) is 0 Å². The Morgan fingerprint density at radius 1 is 0.448 bits per heavy atom. The Morgan fingerprint density at radius 2 is 0.819 bits per heavy atom. The Kier molecular flexibility index (Phi) is 43.6. The quantitative estimate of drug-likeness (QED) is 0.0233. The van der Waals surface area contributed by atoms with Gasteiger partial charge >= 0.3 is 23.9 Å². The predicted octanol–water partition coefficient (Wildman–Crippen LogP) is -11.2. The Hall–Kier alpha value is -10.0. The van der Waals surface area contributed by atoms with Crippen molar-refractivity contribution in [2.75, 3.05) is 56.3 Å². The molecule has 648 valence electrons. The Morgan fingerprint density at radius 3 is 1.19 bits per heavy atom. The van der Waals surface area contributed by atoms with Crippen LogP contribution >= 0.6 is 12.6 Å². The first-order valence-corrected chi connectivity index (χ1v) is 36.6. The van der Waals surface area contributed by atoms with Crippen molar-refractivity contribution in [2.45, 2.75) is 200 Å². The molecule has 0 spiro atoms. The van der Waals surface area contributed by atoms with Crippen LogP contribution in [0.15, 0.2) is 35.3 Å². The van der Waals surface area contributed by atoms with Gasteiger partial charge in [-0.3, -0.25) is 67.3 Å². The van der Waals surface area contributed by atoms with E-state index in [1.807, 2.05) is 0 Å². The number of aliphatic carboxylic acids is 4. The average molecular weight is 1680 g/mol. The molecule has 48 heteroatoms. The predicted molar refractivity (Wildman–Crippen MR) is 395 cm³/mol. The van der Waals surface area contributed by atoms with Gasteiger partial charge in [-0.05, 0) is 62.8 Å². The molecule has 0 aliphatic rings. The van der Waals surface area contributed by atoms with Crippen molar-refractivity contribution in [1.29, 1.82) is 0 Å². The zero-order valence-corrected chi connectivity index (χ0v) is 63.0. The number of aromatic nitrogens is 4. The van der Waals surface area contributed by atoms with E-state index in [0.29, 0.717) is 11.4 Å². The van der Waals surface area contributed by atoms with Gasteiger partial charge in [0.05, 0.1) is 68.7 Å². The van der Waals surface area contributed by atoms with Crippen LogP contribution in [-0.2, 0) is 68.9 Å². The standard InChI is InChI=1S/C68H101N13O34S/c69-68-80-60-53(65(111)81-68)75-34(21-74-60)20-70-33-6-1-29(2-7-33)61(107)78-38(66(112)113)9-8-35(85)17-30(3-12-48(94)71-22-42(88)54(101)57(104)45(91)25-82)62(108)76-36(10-15-51(97)98)40(86)18-31(4-13-49(95)72-23-43(89)55(102)58(105)46(92)26-83)63(109)77-37(11-16-52(99)100)41(87)19-32(64(110)79-39(28-116)67(114)115)5-14-50(96)73-24-44(90)56(103)59(106)47(93)27-84/h1-2,6-7,21,30-32,36-39,42-47,54-59,70,82-84,88-93,101-106,116H,3-5,8-20,22-28H2,(H,71,94)(H,72,95)(H,73,96)(H,76,108)(H,77,109)(H,78,107)(H,79,110)(H,97,98)(H,99,100)(H,112,113)(H,114,115)(H3,69,74,80,81,111)/t30-,31-,32-,36+,37+,38+,39+,42+,43+,44+,45-,46-,47-,54-,55-,56-,57-,58-,59-/m1/s1. The molecule has 116 heavy (non-hydrogen) atoms. The molecular weight excluding hydrogens is 1570 g/mol. The number of nitrogens with one attached hydrogen (secondary N) is 9. The molecule has 0 bridgehead atoms. The SMILES string of the molecule is Nc1nc2ncc(CNc3ccc(C(=O)N[C@@H](CCC(=O)C[C@@H](CCC(=O)NC[C@H](O)[C@@H](O)[C@H](O)[C@H](O)CO)C(=O)N[C@@H](CCC(=O)O)C(=O)C[C@@H](CCC(=O)NC[C@H](O)[C@@H](O)[C@H](O)[C@H](O)CO)C(=O)N[C@@H](CCC(=O)O)C(=O)C[C@@H](CCC(=O)NC[C@H](O)[C@@H](O)[C@H](O)[C@H](O)CO)C(=O)N[C@@H](CS)C(=O)O)C(=O)O)cc3)nc2c(=O)[nH]1. The second-order valence-corrected chi connectivity index (χ2v) is 27.4. The lowest BCUT2D eigenvalue weighted by Gasteiger charge is -2.26. The van der Waals surface area contributed by atoms with E-state index in [1.54, 1.807) is 0 Å². The van der Waals surface area contributed by atoms with Crippen LogP contribution in [0.2, 0.25) is 0 Å². The van der Waals surface area contributed by atoms with Crippen molar-refractivity contribution in [1.82, 2.24) is 57.2 Å². The maximum absolute atomic E-state index is 14.8. The van der Waals surface area contributed by atoms with E-state index in [2.05, 4.69) is 75.1 Å². The van der Waals surface area contributed by atoms with Crippen molar-refractivity contribution in [3.8, 4) is 0 Å². The summed E-state index contributed by atoms with van der Waals surface area (Å²) in [7, 11) is 0. The molecule has 7 amide bonds. The number of aliphatic hydroxyl groups excluding tert-OH is 15. The molecule has 2 aromatic heterocycles. The van der Waals surface area contributed by atoms with Gasteiger partial charge in [-0.25, -0.2) is 19.6 Å². The lowest BCUT2D eigenvalue weighted by molar-refractivity contribution is -0.142. The van der Waals surface area contributed by atoms with E-state index in [1.165, 1.54) is 30.5 Å². The molecule has 0 aliphatic heterocycles. The lowest BCUT2D eigenvalue weighted by Crippen LogP contribution is -2.50. The first-order chi connectivity index (χ1) is 54.5. The molecule has 47 nitrogen and oxygen atoms in total. The highest BCUT2D eigenvalue weighted by molar-refractivity contribution is 7.80. The first kappa shape index (κ1) is 100. The van der Waals surface area contributed by atoms with Crippen LogP contribution in [0.4, 0.5) is 11.6 Å². The molecule has 0 saturated carbocycles. The third kappa shape index (κ3) is 34.4. The van der Waals surface area contributed by atoms with Gasteiger partial charge in [0.25, 0.3) is 11.5 Å². The minimum atomic E-state index is -2.22. The Labute approximate surface area is 663 Å². The van der Waals surface area contributed by atoms with Gasteiger partial charge in [0.15, 0.2) is 22.7 Å². The number of amides is 7. The summed E-state index contributed by atoms with van der Waals surface area (Å²) >= 11 is 3.90. The number of hydrogen-bond donors (Lipinski definition) is 30. The fraction of sp³-hybridized carbons (Fsp3) is 0.618. The number of fused-ring (bicyclic) bond motifs is 1. The summed E-state index contributed by atoms with van der Waals surface area (Å²) in [4.78, 5) is 215. The van der Waals surface area contributed by atoms with E-state index in [9.17, 15) is 164 Å². The third-order valence-corrected chi connectivity index (χ3v) is 18.4. The smallest absolute Gasteiger partial charge is 0.327 e. The van der Waals surface area contributed by atoms with Gasteiger partial charge in [0.1, 0.15) is 72.8 Å². The average Bonchev–Trinajstić information content (AvgIpc) is 0.810. The molecule has 3 aromatic rings. The third-order valence-electron chi connectivity index (χ3n) is 18.1. The number of nitrogens with zero attached hydrogens (tertiary/aromatic N) is 3. The highest BCUT2D eigenvalue weighted by Crippen LogP contribution is 2.23.